The highest BCUT2D eigenvalue weighted by atomic mass is 32.1. The van der Waals surface area contributed by atoms with Gasteiger partial charge in [-0.05, 0) is 12.3 Å². The molecule has 0 fully saturated rings. The molecule has 0 amide bonds. The average molecular weight is 252 g/mol. The minimum atomic E-state index is -0.242. The number of aromatic nitrogens is 3. The number of thiazole rings is 1. The van der Waals surface area contributed by atoms with Crippen LogP contribution in [0.25, 0.3) is 10.8 Å². The third-order valence-corrected chi connectivity index (χ3v) is 3.39. The fraction of sp³-hybridized carbons (Fsp3) is 0.545. The van der Waals surface area contributed by atoms with Crippen LogP contribution >= 0.6 is 11.3 Å². The molecule has 92 valence electrons. The SMILES string of the molecule is Cc1ncc(-c2nc(C(N)C(C)(C)C)no2)s1. The predicted octanol–water partition coefficient (Wildman–Crippen LogP) is 2.55. The Morgan fingerprint density at radius 3 is 2.65 bits per heavy atom. The lowest BCUT2D eigenvalue weighted by atomic mass is 9.87. The van der Waals surface area contributed by atoms with Crippen LogP contribution in [0.4, 0.5) is 0 Å². The molecule has 0 aliphatic carbocycles. The van der Waals surface area contributed by atoms with Crippen molar-refractivity contribution in [1.82, 2.24) is 15.1 Å². The highest BCUT2D eigenvalue weighted by molar-refractivity contribution is 7.14. The van der Waals surface area contributed by atoms with Gasteiger partial charge in [0.1, 0.15) is 4.88 Å². The Bertz CT molecular complexity index is 512. The molecule has 1 atom stereocenters. The van der Waals surface area contributed by atoms with Gasteiger partial charge in [0, 0.05) is 0 Å². The zero-order valence-corrected chi connectivity index (χ0v) is 11.2. The number of hydrogen-bond acceptors (Lipinski definition) is 6. The van der Waals surface area contributed by atoms with E-state index >= 15 is 0 Å². The van der Waals surface area contributed by atoms with Gasteiger partial charge in [0.25, 0.3) is 5.89 Å². The molecule has 0 spiro atoms. The molecule has 0 saturated heterocycles. The van der Waals surface area contributed by atoms with Crippen LogP contribution in [-0.2, 0) is 0 Å². The second-order valence-corrected chi connectivity index (χ2v) is 6.28. The van der Waals surface area contributed by atoms with E-state index in [9.17, 15) is 0 Å². The lowest BCUT2D eigenvalue weighted by molar-refractivity contribution is 0.303. The van der Waals surface area contributed by atoms with E-state index in [0.717, 1.165) is 9.88 Å². The van der Waals surface area contributed by atoms with Crippen molar-refractivity contribution in [3.63, 3.8) is 0 Å². The van der Waals surface area contributed by atoms with Crippen LogP contribution in [-0.4, -0.2) is 15.1 Å². The molecule has 6 heteroatoms. The number of nitrogens with two attached hydrogens (primary N) is 1. The van der Waals surface area contributed by atoms with E-state index in [1.165, 1.54) is 11.3 Å². The predicted molar refractivity (Wildman–Crippen MR) is 66.5 cm³/mol. The van der Waals surface area contributed by atoms with Crippen LogP contribution in [0.5, 0.6) is 0 Å². The summed E-state index contributed by atoms with van der Waals surface area (Å²) >= 11 is 1.53. The Hall–Kier alpha value is -1.27. The average Bonchev–Trinajstić information content (AvgIpc) is 2.83. The first kappa shape index (κ1) is 12.2. The number of aryl methyl sites for hydroxylation is 1. The molecule has 2 N–H and O–H groups in total. The third kappa shape index (κ3) is 2.53. The van der Waals surface area contributed by atoms with E-state index in [-0.39, 0.29) is 11.5 Å². The molecule has 0 radical (unpaired) electrons. The first-order valence-corrected chi connectivity index (χ1v) is 6.21. The van der Waals surface area contributed by atoms with Crippen molar-refractivity contribution in [2.45, 2.75) is 33.7 Å². The maximum Gasteiger partial charge on any atom is 0.269 e. The van der Waals surface area contributed by atoms with Crippen molar-refractivity contribution in [3.05, 3.63) is 17.0 Å². The second-order valence-electron chi connectivity index (χ2n) is 5.04. The highest BCUT2D eigenvalue weighted by Gasteiger charge is 2.27. The second kappa shape index (κ2) is 4.19. The van der Waals surface area contributed by atoms with E-state index in [1.807, 2.05) is 27.7 Å². The first-order valence-electron chi connectivity index (χ1n) is 5.40. The van der Waals surface area contributed by atoms with E-state index in [4.69, 9.17) is 10.3 Å². The Balaban J connectivity index is 2.28. The molecule has 2 heterocycles. The van der Waals surface area contributed by atoms with E-state index in [2.05, 4.69) is 15.1 Å². The Morgan fingerprint density at radius 2 is 2.12 bits per heavy atom. The van der Waals surface area contributed by atoms with E-state index in [1.54, 1.807) is 6.20 Å². The lowest BCUT2D eigenvalue weighted by Gasteiger charge is -2.23. The van der Waals surface area contributed by atoms with Crippen molar-refractivity contribution < 1.29 is 4.52 Å². The normalized spacial score (nSPS) is 13.9. The molecule has 0 aromatic carbocycles. The highest BCUT2D eigenvalue weighted by Crippen LogP contribution is 2.31. The monoisotopic (exact) mass is 252 g/mol. The summed E-state index contributed by atoms with van der Waals surface area (Å²) in [5, 5.41) is 4.91. The summed E-state index contributed by atoms with van der Waals surface area (Å²) in [4.78, 5) is 9.36. The molecule has 0 saturated carbocycles. The summed E-state index contributed by atoms with van der Waals surface area (Å²) in [5.41, 5.74) is 5.98. The van der Waals surface area contributed by atoms with Crippen LogP contribution in [0.15, 0.2) is 10.7 Å². The van der Waals surface area contributed by atoms with Gasteiger partial charge in [0.2, 0.25) is 0 Å². The molecule has 0 aliphatic rings. The molecule has 2 rings (SSSR count). The first-order chi connectivity index (χ1) is 7.88. The van der Waals surface area contributed by atoms with Crippen molar-refractivity contribution in [2.75, 3.05) is 0 Å². The van der Waals surface area contributed by atoms with Crippen molar-refractivity contribution in [3.8, 4) is 10.8 Å². The summed E-state index contributed by atoms with van der Waals surface area (Å²) in [7, 11) is 0. The van der Waals surface area contributed by atoms with Gasteiger partial charge in [0.05, 0.1) is 17.2 Å². The van der Waals surface area contributed by atoms with E-state index in [0.29, 0.717) is 11.7 Å². The summed E-state index contributed by atoms with van der Waals surface area (Å²) in [6.45, 7) is 8.08. The van der Waals surface area contributed by atoms with Crippen LogP contribution in [0.2, 0.25) is 0 Å². The fourth-order valence-corrected chi connectivity index (χ4v) is 2.01. The molecule has 0 aliphatic heterocycles. The maximum absolute atomic E-state index is 6.07. The summed E-state index contributed by atoms with van der Waals surface area (Å²) in [6, 6.07) is -0.242. The zero-order valence-electron chi connectivity index (χ0n) is 10.4. The van der Waals surface area contributed by atoms with Crippen molar-refractivity contribution in [1.29, 1.82) is 0 Å². The quantitative estimate of drug-likeness (QED) is 0.888. The van der Waals surface area contributed by atoms with Crippen LogP contribution in [0, 0.1) is 12.3 Å². The smallest absolute Gasteiger partial charge is 0.269 e. The van der Waals surface area contributed by atoms with Gasteiger partial charge in [-0.3, -0.25) is 0 Å². The molecular weight excluding hydrogens is 236 g/mol. The molecule has 1 unspecified atom stereocenters. The Morgan fingerprint density at radius 1 is 1.41 bits per heavy atom. The van der Waals surface area contributed by atoms with Gasteiger partial charge >= 0.3 is 0 Å². The molecular formula is C11H16N4OS. The molecule has 0 bridgehead atoms. The van der Waals surface area contributed by atoms with Gasteiger partial charge in [-0.2, -0.15) is 4.98 Å². The molecule has 2 aromatic heterocycles. The van der Waals surface area contributed by atoms with Crippen LogP contribution < -0.4 is 5.73 Å². The minimum absolute atomic E-state index is 0.0925. The third-order valence-electron chi connectivity index (χ3n) is 2.48. The lowest BCUT2D eigenvalue weighted by Crippen LogP contribution is -2.27. The van der Waals surface area contributed by atoms with Gasteiger partial charge in [-0.25, -0.2) is 4.98 Å². The number of hydrogen-bond donors (Lipinski definition) is 1. The van der Waals surface area contributed by atoms with Crippen molar-refractivity contribution in [2.24, 2.45) is 11.1 Å². The fourth-order valence-electron chi connectivity index (χ4n) is 1.31. The summed E-state index contributed by atoms with van der Waals surface area (Å²) < 4.78 is 5.21. The zero-order chi connectivity index (χ0) is 12.6. The van der Waals surface area contributed by atoms with Gasteiger partial charge in [-0.15, -0.1) is 11.3 Å². The molecule has 2 aromatic rings. The van der Waals surface area contributed by atoms with E-state index < -0.39 is 0 Å². The summed E-state index contributed by atoms with van der Waals surface area (Å²) in [6.07, 6.45) is 1.74. The Labute approximate surface area is 104 Å². The summed E-state index contributed by atoms with van der Waals surface area (Å²) in [5.74, 6) is 1.03. The molecule has 5 nitrogen and oxygen atoms in total. The van der Waals surface area contributed by atoms with Crippen LogP contribution in [0.1, 0.15) is 37.6 Å². The minimum Gasteiger partial charge on any atom is -0.333 e. The van der Waals surface area contributed by atoms with Gasteiger partial charge in [0.15, 0.2) is 5.82 Å². The maximum atomic E-state index is 6.07. The topological polar surface area (TPSA) is 77.8 Å². The number of nitrogens with zero attached hydrogens (tertiary/aromatic N) is 3. The van der Waals surface area contributed by atoms with Gasteiger partial charge < -0.3 is 10.3 Å². The number of rotatable bonds is 2. The van der Waals surface area contributed by atoms with Crippen LogP contribution in [0.3, 0.4) is 0 Å². The van der Waals surface area contributed by atoms with Gasteiger partial charge in [-0.1, -0.05) is 25.9 Å². The molecule has 17 heavy (non-hydrogen) atoms. The largest absolute Gasteiger partial charge is 0.333 e. The Kier molecular flexibility index (Phi) is 3.01. The standard InChI is InChI=1S/C11H16N4OS/c1-6-13-5-7(17-6)10-14-9(15-16-10)8(12)11(2,3)4/h5,8H,12H2,1-4H3. The van der Waals surface area contributed by atoms with Crippen molar-refractivity contribution >= 4 is 11.3 Å².